The van der Waals surface area contributed by atoms with Gasteiger partial charge >= 0.3 is 0 Å². The van der Waals surface area contributed by atoms with Crippen LogP contribution in [0, 0.1) is 0 Å². The summed E-state index contributed by atoms with van der Waals surface area (Å²) >= 11 is 5.96. The Bertz CT molecular complexity index is 774. The Balaban J connectivity index is 2.04. The number of hydrogen-bond donors (Lipinski definition) is 0. The second-order valence-electron chi connectivity index (χ2n) is 5.15. The van der Waals surface area contributed by atoms with Crippen LogP contribution < -0.4 is 5.06 Å². The molecule has 2 aromatic carbocycles. The molecule has 0 unspecified atom stereocenters. The maximum atomic E-state index is 5.96. The van der Waals surface area contributed by atoms with Gasteiger partial charge in [-0.2, -0.15) is 5.06 Å². The van der Waals surface area contributed by atoms with Crippen molar-refractivity contribution in [2.45, 2.75) is 20.0 Å². The van der Waals surface area contributed by atoms with Crippen LogP contribution in [0.25, 0.3) is 10.9 Å². The zero-order valence-corrected chi connectivity index (χ0v) is 13.2. The normalized spacial score (nSPS) is 11.1. The predicted molar refractivity (Wildman–Crippen MR) is 89.4 cm³/mol. The van der Waals surface area contributed by atoms with Gasteiger partial charge in [-0.15, -0.1) is 0 Å². The monoisotopic (exact) mass is 313 g/mol. The summed E-state index contributed by atoms with van der Waals surface area (Å²) in [7, 11) is 0. The summed E-state index contributed by atoms with van der Waals surface area (Å²) in [6, 6.07) is 15.2. The van der Waals surface area contributed by atoms with Crippen molar-refractivity contribution in [1.29, 1.82) is 0 Å². The topological polar surface area (TPSA) is 38.2 Å². The van der Waals surface area contributed by atoms with Gasteiger partial charge in [-0.05, 0) is 44.2 Å². The molecule has 22 heavy (non-hydrogen) atoms. The van der Waals surface area contributed by atoms with Crippen molar-refractivity contribution in [3.05, 3.63) is 59.8 Å². The molecule has 0 saturated carbocycles. The number of fused-ring (bicyclic) bond motifs is 1. The van der Waals surface area contributed by atoms with Crippen LogP contribution in [0.1, 0.15) is 13.8 Å². The van der Waals surface area contributed by atoms with Crippen molar-refractivity contribution in [2.24, 2.45) is 0 Å². The number of aromatic nitrogens is 2. The molecule has 0 N–H and O–H groups in total. The third-order valence-electron chi connectivity index (χ3n) is 3.04. The molecule has 4 nitrogen and oxygen atoms in total. The number of halogens is 1. The first-order valence-corrected chi connectivity index (χ1v) is 7.45. The van der Waals surface area contributed by atoms with Gasteiger partial charge in [0.05, 0.1) is 17.3 Å². The van der Waals surface area contributed by atoms with E-state index in [1.807, 2.05) is 62.4 Å². The minimum absolute atomic E-state index is 0.00857. The van der Waals surface area contributed by atoms with Crippen LogP contribution in [0.4, 0.5) is 11.6 Å². The highest BCUT2D eigenvalue weighted by Crippen LogP contribution is 2.26. The van der Waals surface area contributed by atoms with Gasteiger partial charge in [-0.3, -0.25) is 4.84 Å². The molecule has 0 amide bonds. The van der Waals surface area contributed by atoms with Crippen LogP contribution in [-0.2, 0) is 4.84 Å². The third-order valence-corrected chi connectivity index (χ3v) is 3.29. The van der Waals surface area contributed by atoms with E-state index in [-0.39, 0.29) is 6.10 Å². The molecule has 0 spiro atoms. The quantitative estimate of drug-likeness (QED) is 0.651. The molecule has 5 heteroatoms. The molecule has 0 aliphatic heterocycles. The standard InChI is InChI=1S/C17H16ClN3O/c1-12(2)22-21(15-9-7-14(18)8-10-15)17-19-11-13-5-3-4-6-16(13)20-17/h3-12H,1-2H3. The zero-order valence-electron chi connectivity index (χ0n) is 12.4. The molecule has 0 aliphatic carbocycles. The van der Waals surface area contributed by atoms with Gasteiger partial charge in [0, 0.05) is 16.6 Å². The highest BCUT2D eigenvalue weighted by atomic mass is 35.5. The van der Waals surface area contributed by atoms with Gasteiger partial charge in [-0.25, -0.2) is 9.97 Å². The van der Waals surface area contributed by atoms with E-state index in [4.69, 9.17) is 16.4 Å². The lowest BCUT2D eigenvalue weighted by molar-refractivity contribution is 0.0766. The fourth-order valence-corrected chi connectivity index (χ4v) is 2.20. The number of anilines is 2. The second-order valence-corrected chi connectivity index (χ2v) is 5.59. The molecule has 0 fully saturated rings. The smallest absolute Gasteiger partial charge is 0.255 e. The van der Waals surface area contributed by atoms with Crippen molar-refractivity contribution < 1.29 is 4.84 Å². The van der Waals surface area contributed by atoms with Crippen molar-refractivity contribution in [2.75, 3.05) is 5.06 Å². The Hall–Kier alpha value is -2.17. The van der Waals surface area contributed by atoms with Crippen LogP contribution >= 0.6 is 11.6 Å². The van der Waals surface area contributed by atoms with E-state index in [0.717, 1.165) is 16.6 Å². The average molecular weight is 314 g/mol. The summed E-state index contributed by atoms with van der Waals surface area (Å²) in [5.41, 5.74) is 1.70. The van der Waals surface area contributed by atoms with Crippen molar-refractivity contribution in [3.8, 4) is 0 Å². The van der Waals surface area contributed by atoms with E-state index in [9.17, 15) is 0 Å². The minimum atomic E-state index is -0.00857. The fourth-order valence-electron chi connectivity index (χ4n) is 2.07. The van der Waals surface area contributed by atoms with E-state index in [2.05, 4.69) is 9.97 Å². The first-order valence-electron chi connectivity index (χ1n) is 7.08. The molecule has 0 bridgehead atoms. The van der Waals surface area contributed by atoms with Crippen molar-refractivity contribution in [1.82, 2.24) is 9.97 Å². The Kier molecular flexibility index (Phi) is 4.22. The second kappa shape index (κ2) is 6.30. The zero-order chi connectivity index (χ0) is 15.5. The Morgan fingerprint density at radius 2 is 1.77 bits per heavy atom. The van der Waals surface area contributed by atoms with E-state index in [1.54, 1.807) is 11.3 Å². The summed E-state index contributed by atoms with van der Waals surface area (Å²) in [6.45, 7) is 3.92. The average Bonchev–Trinajstić information content (AvgIpc) is 2.53. The number of nitrogens with zero attached hydrogens (tertiary/aromatic N) is 3. The molecule has 0 radical (unpaired) electrons. The van der Waals surface area contributed by atoms with E-state index in [1.165, 1.54) is 0 Å². The molecule has 3 rings (SSSR count). The molecule has 0 aliphatic rings. The Morgan fingerprint density at radius 1 is 1.05 bits per heavy atom. The molecule has 112 valence electrons. The van der Waals surface area contributed by atoms with E-state index >= 15 is 0 Å². The molecule has 0 saturated heterocycles. The number of hydrogen-bond acceptors (Lipinski definition) is 4. The molecule has 3 aromatic rings. The van der Waals surface area contributed by atoms with E-state index in [0.29, 0.717) is 11.0 Å². The lowest BCUT2D eigenvalue weighted by Gasteiger charge is -2.24. The summed E-state index contributed by atoms with van der Waals surface area (Å²) < 4.78 is 0. The summed E-state index contributed by atoms with van der Waals surface area (Å²) in [5, 5.41) is 3.30. The Morgan fingerprint density at radius 3 is 2.50 bits per heavy atom. The maximum Gasteiger partial charge on any atom is 0.255 e. The lowest BCUT2D eigenvalue weighted by atomic mass is 10.2. The van der Waals surface area contributed by atoms with Crippen LogP contribution in [0.2, 0.25) is 5.02 Å². The van der Waals surface area contributed by atoms with Crippen molar-refractivity contribution in [3.63, 3.8) is 0 Å². The molecular formula is C17H16ClN3O. The predicted octanol–water partition coefficient (Wildman–Crippen LogP) is 4.76. The van der Waals surface area contributed by atoms with Crippen LogP contribution in [0.15, 0.2) is 54.7 Å². The summed E-state index contributed by atoms with van der Waals surface area (Å²) in [4.78, 5) is 14.9. The first kappa shape index (κ1) is 14.8. The molecule has 1 heterocycles. The van der Waals surface area contributed by atoms with Gasteiger partial charge in [0.2, 0.25) is 0 Å². The van der Waals surface area contributed by atoms with Gasteiger partial charge in [0.1, 0.15) is 0 Å². The highest BCUT2D eigenvalue weighted by Gasteiger charge is 2.15. The van der Waals surface area contributed by atoms with Crippen molar-refractivity contribution >= 4 is 34.1 Å². The summed E-state index contributed by atoms with van der Waals surface area (Å²) in [5.74, 6) is 0.495. The number of benzene rings is 2. The fraction of sp³-hybridized carbons (Fsp3) is 0.176. The molecular weight excluding hydrogens is 298 g/mol. The van der Waals surface area contributed by atoms with Gasteiger partial charge in [0.25, 0.3) is 5.95 Å². The number of para-hydroxylation sites is 1. The largest absolute Gasteiger partial charge is 0.263 e. The van der Waals surface area contributed by atoms with Gasteiger partial charge in [-0.1, -0.05) is 29.8 Å². The van der Waals surface area contributed by atoms with Crippen LogP contribution in [-0.4, -0.2) is 16.1 Å². The lowest BCUT2D eigenvalue weighted by Crippen LogP contribution is -2.24. The van der Waals surface area contributed by atoms with Crippen LogP contribution in [0.5, 0.6) is 0 Å². The van der Waals surface area contributed by atoms with Gasteiger partial charge in [0.15, 0.2) is 0 Å². The van der Waals surface area contributed by atoms with E-state index < -0.39 is 0 Å². The first-order chi connectivity index (χ1) is 10.6. The summed E-state index contributed by atoms with van der Waals surface area (Å²) in [6.07, 6.45) is 1.79. The Labute approximate surface area is 134 Å². The van der Waals surface area contributed by atoms with Crippen LogP contribution in [0.3, 0.4) is 0 Å². The minimum Gasteiger partial charge on any atom is -0.263 e. The number of rotatable bonds is 4. The third kappa shape index (κ3) is 3.18. The highest BCUT2D eigenvalue weighted by molar-refractivity contribution is 6.30. The van der Waals surface area contributed by atoms with Gasteiger partial charge < -0.3 is 0 Å². The molecule has 0 atom stereocenters. The maximum absolute atomic E-state index is 5.96. The SMILES string of the molecule is CC(C)ON(c1ccc(Cl)cc1)c1ncc2ccccc2n1. The molecule has 1 aromatic heterocycles.